The Balaban J connectivity index is 2.17. The van der Waals surface area contributed by atoms with Gasteiger partial charge in [0.15, 0.2) is 5.01 Å². The van der Waals surface area contributed by atoms with Crippen LogP contribution in [0.1, 0.15) is 24.9 Å². The van der Waals surface area contributed by atoms with Gasteiger partial charge in [0, 0.05) is 0 Å². The van der Waals surface area contributed by atoms with Crippen LogP contribution in [0.15, 0.2) is 6.20 Å². The highest BCUT2D eigenvalue weighted by atomic mass is 32.1. The van der Waals surface area contributed by atoms with Crippen molar-refractivity contribution in [3.05, 3.63) is 11.2 Å². The van der Waals surface area contributed by atoms with E-state index in [1.165, 1.54) is 11.5 Å². The average molecular weight is 241 g/mol. The Hall–Kier alpha value is -0.920. The first-order valence-electron chi connectivity index (χ1n) is 4.65. The van der Waals surface area contributed by atoms with Gasteiger partial charge in [0.05, 0.1) is 12.2 Å². The lowest BCUT2D eigenvalue weighted by Gasteiger charge is -2.06. The maximum Gasteiger partial charge on any atom is 0.161 e. The highest BCUT2D eigenvalue weighted by Gasteiger charge is 2.12. The monoisotopic (exact) mass is 241 g/mol. The van der Waals surface area contributed by atoms with Gasteiger partial charge in [-0.25, -0.2) is 0 Å². The fraction of sp³-hybridized carbons (Fsp3) is 0.500. The van der Waals surface area contributed by atoms with E-state index in [4.69, 9.17) is 0 Å². The molecule has 0 fully saturated rings. The van der Waals surface area contributed by atoms with Gasteiger partial charge in [0.2, 0.25) is 0 Å². The predicted octanol–water partition coefficient (Wildman–Crippen LogP) is 1.73. The average Bonchev–Trinajstić information content (AvgIpc) is 2.89. The largest absolute Gasteiger partial charge is 0.308 e. The summed E-state index contributed by atoms with van der Waals surface area (Å²) in [5.41, 5.74) is 0. The Morgan fingerprint density at radius 1 is 1.47 bits per heavy atom. The van der Waals surface area contributed by atoms with Crippen molar-refractivity contribution in [1.29, 1.82) is 0 Å². The molecular weight excluding hydrogens is 230 g/mol. The van der Waals surface area contributed by atoms with Crippen LogP contribution < -0.4 is 5.32 Å². The second-order valence-corrected chi connectivity index (χ2v) is 4.80. The third-order valence-electron chi connectivity index (χ3n) is 1.89. The van der Waals surface area contributed by atoms with E-state index < -0.39 is 0 Å². The van der Waals surface area contributed by atoms with Crippen molar-refractivity contribution in [2.45, 2.75) is 19.9 Å². The summed E-state index contributed by atoms with van der Waals surface area (Å²) < 4.78 is 3.80. The highest BCUT2D eigenvalue weighted by molar-refractivity contribution is 7.19. The zero-order valence-electron chi connectivity index (χ0n) is 8.47. The highest BCUT2D eigenvalue weighted by Crippen LogP contribution is 2.27. The Morgan fingerprint density at radius 3 is 3.00 bits per heavy atom. The summed E-state index contributed by atoms with van der Waals surface area (Å²) in [5.74, 6) is 0. The van der Waals surface area contributed by atoms with Crippen LogP contribution in [0.3, 0.4) is 0 Å². The van der Waals surface area contributed by atoms with E-state index in [9.17, 15) is 0 Å². The molecule has 80 valence electrons. The van der Waals surface area contributed by atoms with Crippen LogP contribution in [-0.4, -0.2) is 26.3 Å². The molecule has 7 heteroatoms. The van der Waals surface area contributed by atoms with Gasteiger partial charge in [-0.1, -0.05) is 22.7 Å². The van der Waals surface area contributed by atoms with E-state index >= 15 is 0 Å². The minimum Gasteiger partial charge on any atom is -0.308 e. The lowest BCUT2D eigenvalue weighted by atomic mass is 10.3. The summed E-state index contributed by atoms with van der Waals surface area (Å²) in [7, 11) is 0. The third-order valence-corrected chi connectivity index (χ3v) is 3.83. The number of nitrogens with one attached hydrogen (secondary N) is 1. The molecule has 0 aromatic carbocycles. The Bertz CT molecular complexity index is 410. The van der Waals surface area contributed by atoms with Crippen LogP contribution in [0.2, 0.25) is 0 Å². The zero-order chi connectivity index (χ0) is 10.7. The Kier molecular flexibility index (Phi) is 3.34. The van der Waals surface area contributed by atoms with Gasteiger partial charge in [0.1, 0.15) is 9.88 Å². The van der Waals surface area contributed by atoms with Gasteiger partial charge in [-0.05, 0) is 25.0 Å². The Morgan fingerprint density at radius 2 is 2.33 bits per heavy atom. The van der Waals surface area contributed by atoms with Gasteiger partial charge >= 0.3 is 0 Å². The molecule has 1 N–H and O–H groups in total. The molecule has 0 bridgehead atoms. The topological polar surface area (TPSA) is 63.6 Å². The standard InChI is InChI=1S/C8H11N5S2/c1-3-9-5(2)7-11-12-8(14-7)6-4-10-13-15-6/h4-5,9H,3H2,1-2H3. The van der Waals surface area contributed by atoms with E-state index in [1.807, 2.05) is 0 Å². The van der Waals surface area contributed by atoms with E-state index in [-0.39, 0.29) is 6.04 Å². The first-order valence-corrected chi connectivity index (χ1v) is 6.24. The van der Waals surface area contributed by atoms with Gasteiger partial charge in [-0.15, -0.1) is 15.3 Å². The number of nitrogens with zero attached hydrogens (tertiary/aromatic N) is 4. The van der Waals surface area contributed by atoms with Crippen LogP contribution in [0.25, 0.3) is 9.88 Å². The molecule has 0 aliphatic rings. The number of aromatic nitrogens is 4. The van der Waals surface area contributed by atoms with Crippen molar-refractivity contribution in [3.63, 3.8) is 0 Å². The van der Waals surface area contributed by atoms with Crippen LogP contribution in [0, 0.1) is 0 Å². The molecule has 0 aliphatic carbocycles. The number of rotatable bonds is 4. The van der Waals surface area contributed by atoms with Crippen molar-refractivity contribution in [1.82, 2.24) is 25.1 Å². The quantitative estimate of drug-likeness (QED) is 0.883. The molecule has 2 heterocycles. The first kappa shape index (κ1) is 10.6. The number of hydrogen-bond donors (Lipinski definition) is 1. The summed E-state index contributed by atoms with van der Waals surface area (Å²) in [4.78, 5) is 0.974. The lowest BCUT2D eigenvalue weighted by molar-refractivity contribution is 0.590. The van der Waals surface area contributed by atoms with E-state index in [2.05, 4.69) is 38.9 Å². The Labute approximate surface area is 95.7 Å². The molecule has 0 spiro atoms. The normalized spacial score (nSPS) is 12.9. The molecule has 1 atom stereocenters. The molecule has 0 aliphatic heterocycles. The molecule has 0 saturated carbocycles. The van der Waals surface area contributed by atoms with Gasteiger partial charge < -0.3 is 5.32 Å². The van der Waals surface area contributed by atoms with Crippen molar-refractivity contribution in [2.75, 3.05) is 6.54 Å². The molecule has 5 nitrogen and oxygen atoms in total. The summed E-state index contributed by atoms with van der Waals surface area (Å²) in [6.45, 7) is 5.09. The molecule has 0 saturated heterocycles. The molecule has 0 radical (unpaired) electrons. The maximum atomic E-state index is 4.15. The predicted molar refractivity (Wildman–Crippen MR) is 60.9 cm³/mol. The summed E-state index contributed by atoms with van der Waals surface area (Å²) >= 11 is 2.93. The van der Waals surface area contributed by atoms with Crippen molar-refractivity contribution < 1.29 is 0 Å². The third kappa shape index (κ3) is 2.36. The summed E-state index contributed by atoms with van der Waals surface area (Å²) in [6.07, 6.45) is 1.72. The molecule has 1 unspecified atom stereocenters. The van der Waals surface area contributed by atoms with Crippen LogP contribution in [0.5, 0.6) is 0 Å². The number of hydrogen-bond acceptors (Lipinski definition) is 7. The molecule has 15 heavy (non-hydrogen) atoms. The lowest BCUT2D eigenvalue weighted by Crippen LogP contribution is -2.17. The molecular formula is C8H11N5S2. The first-order chi connectivity index (χ1) is 7.31. The molecule has 0 amide bonds. The van der Waals surface area contributed by atoms with Crippen molar-refractivity contribution in [3.8, 4) is 9.88 Å². The van der Waals surface area contributed by atoms with E-state index in [0.29, 0.717) is 0 Å². The van der Waals surface area contributed by atoms with Crippen LogP contribution in [0.4, 0.5) is 0 Å². The zero-order valence-corrected chi connectivity index (χ0v) is 10.1. The summed E-state index contributed by atoms with van der Waals surface area (Å²) in [6, 6.07) is 0.252. The van der Waals surface area contributed by atoms with E-state index in [0.717, 1.165) is 21.4 Å². The summed E-state index contributed by atoms with van der Waals surface area (Å²) in [5, 5.41) is 17.2. The second kappa shape index (κ2) is 4.73. The SMILES string of the molecule is CCNC(C)c1nnc(-c2cnns2)s1. The maximum absolute atomic E-state index is 4.15. The smallest absolute Gasteiger partial charge is 0.161 e. The van der Waals surface area contributed by atoms with Gasteiger partial charge in [-0.3, -0.25) is 0 Å². The van der Waals surface area contributed by atoms with Gasteiger partial charge in [-0.2, -0.15) is 0 Å². The molecule has 2 rings (SSSR count). The van der Waals surface area contributed by atoms with Crippen LogP contribution >= 0.6 is 22.9 Å². The second-order valence-electron chi connectivity index (χ2n) is 3.01. The van der Waals surface area contributed by atoms with Crippen LogP contribution in [-0.2, 0) is 0 Å². The van der Waals surface area contributed by atoms with Crippen molar-refractivity contribution >= 4 is 22.9 Å². The van der Waals surface area contributed by atoms with Crippen molar-refractivity contribution in [2.24, 2.45) is 0 Å². The fourth-order valence-electron chi connectivity index (χ4n) is 1.16. The minimum absolute atomic E-state index is 0.252. The minimum atomic E-state index is 0.252. The van der Waals surface area contributed by atoms with Gasteiger partial charge in [0.25, 0.3) is 0 Å². The molecule has 2 aromatic heterocycles. The van der Waals surface area contributed by atoms with E-state index in [1.54, 1.807) is 17.5 Å². The molecule has 2 aromatic rings. The fourth-order valence-corrected chi connectivity index (χ4v) is 2.57.